The van der Waals surface area contributed by atoms with Crippen LogP contribution >= 0.6 is 0 Å². The molecule has 124 valence electrons. The van der Waals surface area contributed by atoms with E-state index in [4.69, 9.17) is 15.8 Å². The Morgan fingerprint density at radius 2 is 1.83 bits per heavy atom. The summed E-state index contributed by atoms with van der Waals surface area (Å²) in [7, 11) is 0. The Hall–Kier alpha value is -2.66. The number of hydrogen-bond acceptors (Lipinski definition) is 3. The van der Waals surface area contributed by atoms with E-state index >= 15 is 0 Å². The second kappa shape index (κ2) is 6.09. The standard InChI is InChI=1S/C19H21N3O2/c1-11-8-16-17(9-12(11)2)22(18(21-16)13(3)20)10-14-4-6-15(7-5-14)19(23)24/h4-9,13H,10,20H2,1-3H3,(H,23,24). The third kappa shape index (κ3) is 2.90. The lowest BCUT2D eigenvalue weighted by Crippen LogP contribution is -2.14. The molecule has 1 atom stereocenters. The molecule has 0 fully saturated rings. The van der Waals surface area contributed by atoms with Gasteiger partial charge in [0.25, 0.3) is 0 Å². The van der Waals surface area contributed by atoms with Gasteiger partial charge in [0.2, 0.25) is 0 Å². The quantitative estimate of drug-likeness (QED) is 0.771. The number of rotatable bonds is 4. The molecule has 0 amide bonds. The van der Waals surface area contributed by atoms with Crippen molar-refractivity contribution in [3.63, 3.8) is 0 Å². The van der Waals surface area contributed by atoms with Crippen molar-refractivity contribution in [3.8, 4) is 0 Å². The summed E-state index contributed by atoms with van der Waals surface area (Å²) in [6.45, 7) is 6.68. The highest BCUT2D eigenvalue weighted by Gasteiger charge is 2.15. The second-order valence-corrected chi connectivity index (χ2v) is 6.27. The summed E-state index contributed by atoms with van der Waals surface area (Å²) in [4.78, 5) is 15.7. The normalized spacial score (nSPS) is 12.5. The Kier molecular flexibility index (Phi) is 4.11. The molecule has 3 rings (SSSR count). The number of nitrogens with two attached hydrogens (primary N) is 1. The predicted octanol–water partition coefficient (Wildman–Crippen LogP) is 3.42. The molecule has 0 saturated heterocycles. The Labute approximate surface area is 140 Å². The van der Waals surface area contributed by atoms with E-state index in [0.29, 0.717) is 6.54 Å². The maximum absolute atomic E-state index is 11.0. The van der Waals surface area contributed by atoms with E-state index in [2.05, 4.69) is 30.5 Å². The summed E-state index contributed by atoms with van der Waals surface area (Å²) in [6, 6.07) is 10.9. The minimum absolute atomic E-state index is 0.184. The van der Waals surface area contributed by atoms with Gasteiger partial charge in [0, 0.05) is 6.54 Å². The fourth-order valence-electron chi connectivity index (χ4n) is 2.85. The lowest BCUT2D eigenvalue weighted by molar-refractivity contribution is 0.0697. The van der Waals surface area contributed by atoms with Gasteiger partial charge in [-0.25, -0.2) is 9.78 Å². The lowest BCUT2D eigenvalue weighted by Gasteiger charge is -2.12. The molecule has 0 saturated carbocycles. The molecule has 0 aliphatic rings. The SMILES string of the molecule is Cc1cc2nc(C(C)N)n(Cc3ccc(C(=O)O)cc3)c2cc1C. The molecule has 0 spiro atoms. The molecule has 0 radical (unpaired) electrons. The number of aryl methyl sites for hydroxylation is 2. The first-order valence-corrected chi connectivity index (χ1v) is 7.92. The van der Waals surface area contributed by atoms with E-state index in [0.717, 1.165) is 22.4 Å². The number of hydrogen-bond donors (Lipinski definition) is 2. The van der Waals surface area contributed by atoms with Crippen molar-refractivity contribution in [2.24, 2.45) is 5.73 Å². The molecule has 3 N–H and O–H groups in total. The van der Waals surface area contributed by atoms with Gasteiger partial charge in [0.1, 0.15) is 5.82 Å². The molecule has 1 heterocycles. The number of carboxylic acids is 1. The molecule has 1 aromatic heterocycles. The number of imidazole rings is 1. The molecule has 3 aromatic rings. The van der Waals surface area contributed by atoms with E-state index in [1.165, 1.54) is 11.1 Å². The van der Waals surface area contributed by atoms with Gasteiger partial charge in [-0.05, 0) is 61.7 Å². The molecule has 24 heavy (non-hydrogen) atoms. The second-order valence-electron chi connectivity index (χ2n) is 6.27. The Morgan fingerprint density at radius 3 is 2.42 bits per heavy atom. The van der Waals surface area contributed by atoms with Gasteiger partial charge in [0.15, 0.2) is 0 Å². The molecule has 0 aliphatic carbocycles. The van der Waals surface area contributed by atoms with Gasteiger partial charge in [-0.1, -0.05) is 12.1 Å². The highest BCUT2D eigenvalue weighted by Crippen LogP contribution is 2.24. The number of aromatic nitrogens is 2. The fourth-order valence-corrected chi connectivity index (χ4v) is 2.85. The summed E-state index contributed by atoms with van der Waals surface area (Å²) in [5, 5.41) is 9.02. The van der Waals surface area contributed by atoms with Gasteiger partial charge in [-0.15, -0.1) is 0 Å². The zero-order valence-corrected chi connectivity index (χ0v) is 14.1. The lowest BCUT2D eigenvalue weighted by atomic mass is 10.1. The maximum atomic E-state index is 11.0. The first kappa shape index (κ1) is 16.2. The summed E-state index contributed by atoms with van der Waals surface area (Å²) >= 11 is 0. The average Bonchev–Trinajstić information content (AvgIpc) is 2.86. The molecule has 0 bridgehead atoms. The molecular formula is C19H21N3O2. The van der Waals surface area contributed by atoms with Crippen LogP contribution in [0.1, 0.15) is 45.8 Å². The summed E-state index contributed by atoms with van der Waals surface area (Å²) < 4.78 is 2.11. The van der Waals surface area contributed by atoms with Gasteiger partial charge in [-0.3, -0.25) is 0 Å². The van der Waals surface area contributed by atoms with Crippen molar-refractivity contribution in [2.45, 2.75) is 33.4 Å². The van der Waals surface area contributed by atoms with Crippen molar-refractivity contribution >= 4 is 17.0 Å². The molecule has 1 unspecified atom stereocenters. The van der Waals surface area contributed by atoms with Gasteiger partial charge < -0.3 is 15.4 Å². The van der Waals surface area contributed by atoms with Crippen LogP contribution in [0, 0.1) is 13.8 Å². The van der Waals surface area contributed by atoms with Crippen LogP contribution in [0.4, 0.5) is 0 Å². The zero-order chi connectivity index (χ0) is 17.4. The van der Waals surface area contributed by atoms with E-state index in [1.54, 1.807) is 12.1 Å². The number of carbonyl (C=O) groups is 1. The van der Waals surface area contributed by atoms with E-state index in [1.807, 2.05) is 19.1 Å². The number of fused-ring (bicyclic) bond motifs is 1. The van der Waals surface area contributed by atoms with Crippen LogP contribution in [0.15, 0.2) is 36.4 Å². The minimum Gasteiger partial charge on any atom is -0.478 e. The van der Waals surface area contributed by atoms with E-state index < -0.39 is 5.97 Å². The van der Waals surface area contributed by atoms with Crippen LogP contribution in [-0.4, -0.2) is 20.6 Å². The zero-order valence-electron chi connectivity index (χ0n) is 14.1. The van der Waals surface area contributed by atoms with Crippen LogP contribution in [0.25, 0.3) is 11.0 Å². The van der Waals surface area contributed by atoms with Crippen molar-refractivity contribution in [1.82, 2.24) is 9.55 Å². The van der Waals surface area contributed by atoms with Crippen LogP contribution < -0.4 is 5.73 Å². The summed E-state index contributed by atoms with van der Waals surface area (Å²) in [5.41, 5.74) is 11.8. The van der Waals surface area contributed by atoms with E-state index in [-0.39, 0.29) is 11.6 Å². The number of carboxylic acid groups (broad SMARTS) is 1. The maximum Gasteiger partial charge on any atom is 0.335 e. The van der Waals surface area contributed by atoms with Gasteiger partial charge in [0.05, 0.1) is 22.6 Å². The summed E-state index contributed by atoms with van der Waals surface area (Å²) in [5.74, 6) is -0.0886. The Morgan fingerprint density at radius 1 is 1.21 bits per heavy atom. The predicted molar refractivity (Wildman–Crippen MR) is 94.3 cm³/mol. The van der Waals surface area contributed by atoms with Gasteiger partial charge in [-0.2, -0.15) is 0 Å². The van der Waals surface area contributed by atoms with Crippen molar-refractivity contribution in [1.29, 1.82) is 0 Å². The first-order chi connectivity index (χ1) is 11.4. The Balaban J connectivity index is 2.08. The van der Waals surface area contributed by atoms with Crippen LogP contribution in [0.2, 0.25) is 0 Å². The smallest absolute Gasteiger partial charge is 0.335 e. The van der Waals surface area contributed by atoms with Crippen molar-refractivity contribution in [2.75, 3.05) is 0 Å². The number of aromatic carboxylic acids is 1. The van der Waals surface area contributed by atoms with E-state index in [9.17, 15) is 4.79 Å². The van der Waals surface area contributed by atoms with Crippen LogP contribution in [0.5, 0.6) is 0 Å². The van der Waals surface area contributed by atoms with Gasteiger partial charge >= 0.3 is 5.97 Å². The number of nitrogens with zero attached hydrogens (tertiary/aromatic N) is 2. The van der Waals surface area contributed by atoms with Crippen LogP contribution in [0.3, 0.4) is 0 Å². The number of benzene rings is 2. The minimum atomic E-state index is -0.919. The van der Waals surface area contributed by atoms with Crippen molar-refractivity contribution in [3.05, 3.63) is 64.5 Å². The first-order valence-electron chi connectivity index (χ1n) is 7.92. The molecule has 5 heteroatoms. The topological polar surface area (TPSA) is 81.1 Å². The fraction of sp³-hybridized carbons (Fsp3) is 0.263. The largest absolute Gasteiger partial charge is 0.478 e. The molecule has 5 nitrogen and oxygen atoms in total. The highest BCUT2D eigenvalue weighted by atomic mass is 16.4. The van der Waals surface area contributed by atoms with Crippen LogP contribution in [-0.2, 0) is 6.54 Å². The Bertz CT molecular complexity index is 909. The monoisotopic (exact) mass is 323 g/mol. The third-order valence-electron chi connectivity index (χ3n) is 4.34. The molecular weight excluding hydrogens is 302 g/mol. The molecule has 2 aromatic carbocycles. The third-order valence-corrected chi connectivity index (χ3v) is 4.34. The summed E-state index contributed by atoms with van der Waals surface area (Å²) in [6.07, 6.45) is 0. The molecule has 0 aliphatic heterocycles. The highest BCUT2D eigenvalue weighted by molar-refractivity contribution is 5.87. The van der Waals surface area contributed by atoms with Crippen molar-refractivity contribution < 1.29 is 9.90 Å². The average molecular weight is 323 g/mol.